The number of hydrogen-bond acceptors (Lipinski definition) is 5. The van der Waals surface area contributed by atoms with Gasteiger partial charge in [-0.2, -0.15) is 0 Å². The Hall–Kier alpha value is -2.47. The molecule has 2 aromatic rings. The zero-order valence-electron chi connectivity index (χ0n) is 17.9. The summed E-state index contributed by atoms with van der Waals surface area (Å²) < 4.78 is 0. The van der Waals surface area contributed by atoms with E-state index in [0.717, 1.165) is 25.5 Å². The van der Waals surface area contributed by atoms with E-state index in [-0.39, 0.29) is 12.1 Å². The summed E-state index contributed by atoms with van der Waals surface area (Å²) in [5, 5.41) is 9.86. The molecule has 156 valence electrons. The third-order valence-corrected chi connectivity index (χ3v) is 6.19. The molecule has 0 saturated carbocycles. The van der Waals surface area contributed by atoms with Gasteiger partial charge in [0.2, 0.25) is 0 Å². The van der Waals surface area contributed by atoms with Gasteiger partial charge in [0.15, 0.2) is 0 Å². The van der Waals surface area contributed by atoms with Crippen LogP contribution >= 0.6 is 0 Å². The normalized spacial score (nSPS) is 20.6. The lowest BCUT2D eigenvalue weighted by molar-refractivity contribution is -0.144. The molecule has 2 atom stereocenters. The molecule has 1 aliphatic heterocycles. The highest BCUT2D eigenvalue weighted by Crippen LogP contribution is 2.31. The fraction of sp³-hybridized carbons (Fsp3) is 0.522. The van der Waals surface area contributed by atoms with Gasteiger partial charge in [0.05, 0.1) is 0 Å². The fourth-order valence-corrected chi connectivity index (χ4v) is 4.54. The largest absolute Gasteiger partial charge is 0.480 e. The van der Waals surface area contributed by atoms with E-state index < -0.39 is 11.4 Å². The van der Waals surface area contributed by atoms with Crippen molar-refractivity contribution in [2.24, 2.45) is 0 Å². The number of hydrogen-bond donors (Lipinski definition) is 1. The first-order valence-electron chi connectivity index (χ1n) is 10.5. The molecule has 1 aromatic heterocycles. The molecule has 0 bridgehead atoms. The molecule has 0 unspecified atom stereocenters. The van der Waals surface area contributed by atoms with Crippen LogP contribution in [0.15, 0.2) is 42.6 Å². The minimum Gasteiger partial charge on any atom is -0.480 e. The van der Waals surface area contributed by atoms with Crippen molar-refractivity contribution in [2.75, 3.05) is 18.0 Å². The van der Waals surface area contributed by atoms with Crippen LogP contribution in [-0.4, -0.2) is 51.1 Å². The minimum atomic E-state index is -1.03. The zero-order chi connectivity index (χ0) is 21.0. The molecular formula is C23H32N4O2. The number of carbonyl (C=O) groups is 1. The van der Waals surface area contributed by atoms with Crippen LogP contribution in [0.1, 0.15) is 51.9 Å². The number of carboxylic acids is 1. The lowest BCUT2D eigenvalue weighted by Gasteiger charge is -2.45. The molecular weight excluding hydrogens is 364 g/mol. The molecule has 0 spiro atoms. The first-order valence-corrected chi connectivity index (χ1v) is 10.5. The second kappa shape index (κ2) is 8.91. The Morgan fingerprint density at radius 3 is 2.28 bits per heavy atom. The molecule has 1 N–H and O–H groups in total. The lowest BCUT2D eigenvalue weighted by atomic mass is 9.81. The Morgan fingerprint density at radius 2 is 1.72 bits per heavy atom. The van der Waals surface area contributed by atoms with E-state index in [4.69, 9.17) is 4.98 Å². The van der Waals surface area contributed by atoms with Crippen molar-refractivity contribution in [3.05, 3.63) is 54.0 Å². The van der Waals surface area contributed by atoms with Crippen LogP contribution in [0.5, 0.6) is 0 Å². The Bertz CT molecular complexity index is 811. The van der Waals surface area contributed by atoms with Crippen molar-refractivity contribution < 1.29 is 9.90 Å². The number of carboxylic acid groups (broad SMARTS) is 1. The molecule has 1 aliphatic rings. The monoisotopic (exact) mass is 396 g/mol. The summed E-state index contributed by atoms with van der Waals surface area (Å²) in [6, 6.07) is 13.0. The van der Waals surface area contributed by atoms with Gasteiger partial charge in [-0.05, 0) is 38.3 Å². The van der Waals surface area contributed by atoms with Crippen molar-refractivity contribution in [1.82, 2.24) is 14.9 Å². The van der Waals surface area contributed by atoms with Crippen LogP contribution < -0.4 is 4.90 Å². The number of aromatic nitrogens is 2. The van der Waals surface area contributed by atoms with Crippen LogP contribution in [0.25, 0.3) is 0 Å². The second-order valence-electron chi connectivity index (χ2n) is 8.12. The van der Waals surface area contributed by atoms with Gasteiger partial charge >= 0.3 is 5.97 Å². The summed E-state index contributed by atoms with van der Waals surface area (Å²) >= 11 is 0. The van der Waals surface area contributed by atoms with Gasteiger partial charge in [0.25, 0.3) is 0 Å². The summed E-state index contributed by atoms with van der Waals surface area (Å²) in [5.74, 6) is 0.383. The second-order valence-corrected chi connectivity index (χ2v) is 8.12. The van der Waals surface area contributed by atoms with E-state index in [2.05, 4.69) is 52.9 Å². The summed E-state index contributed by atoms with van der Waals surface area (Å²) in [6.07, 6.45) is 2.65. The Kier molecular flexibility index (Phi) is 6.52. The van der Waals surface area contributed by atoms with Gasteiger partial charge in [-0.15, -0.1) is 0 Å². The van der Waals surface area contributed by atoms with E-state index in [1.807, 2.05) is 26.0 Å². The van der Waals surface area contributed by atoms with Crippen LogP contribution in [0.2, 0.25) is 0 Å². The maximum absolute atomic E-state index is 12.0. The van der Waals surface area contributed by atoms with Crippen molar-refractivity contribution in [2.45, 2.75) is 64.6 Å². The minimum absolute atomic E-state index is 0.271. The molecule has 1 aromatic carbocycles. The molecule has 6 nitrogen and oxygen atoms in total. The van der Waals surface area contributed by atoms with E-state index in [0.29, 0.717) is 18.7 Å². The lowest BCUT2D eigenvalue weighted by Crippen LogP contribution is -2.57. The molecule has 1 fully saturated rings. The number of rotatable bonds is 7. The highest BCUT2D eigenvalue weighted by atomic mass is 16.4. The number of aliphatic carboxylic acids is 1. The van der Waals surface area contributed by atoms with Crippen LogP contribution in [0, 0.1) is 0 Å². The van der Waals surface area contributed by atoms with E-state index in [9.17, 15) is 9.90 Å². The Labute approximate surface area is 173 Å². The van der Waals surface area contributed by atoms with Gasteiger partial charge in [-0.3, -0.25) is 9.69 Å². The average Bonchev–Trinajstić information content (AvgIpc) is 2.70. The Morgan fingerprint density at radius 1 is 1.10 bits per heavy atom. The number of nitrogens with zero attached hydrogens (tertiary/aromatic N) is 4. The van der Waals surface area contributed by atoms with Crippen LogP contribution in [0.3, 0.4) is 0 Å². The third kappa shape index (κ3) is 4.27. The van der Waals surface area contributed by atoms with Crippen LogP contribution in [0.4, 0.5) is 5.82 Å². The molecule has 29 heavy (non-hydrogen) atoms. The summed E-state index contributed by atoms with van der Waals surface area (Å²) in [7, 11) is 0. The highest BCUT2D eigenvalue weighted by molar-refractivity contribution is 5.80. The molecule has 0 radical (unpaired) electrons. The average molecular weight is 397 g/mol. The quantitative estimate of drug-likeness (QED) is 0.769. The molecule has 6 heteroatoms. The van der Waals surface area contributed by atoms with Crippen molar-refractivity contribution in [1.29, 1.82) is 0 Å². The van der Waals surface area contributed by atoms with Gasteiger partial charge < -0.3 is 10.0 Å². The van der Waals surface area contributed by atoms with Crippen molar-refractivity contribution in [3.63, 3.8) is 0 Å². The first kappa shape index (κ1) is 21.2. The van der Waals surface area contributed by atoms with E-state index in [1.165, 1.54) is 5.56 Å². The number of piperazine rings is 1. The summed E-state index contributed by atoms with van der Waals surface area (Å²) in [4.78, 5) is 25.9. The third-order valence-electron chi connectivity index (χ3n) is 6.19. The predicted molar refractivity (Wildman–Crippen MR) is 115 cm³/mol. The molecule has 0 aliphatic carbocycles. The van der Waals surface area contributed by atoms with Gasteiger partial charge in [-0.25, -0.2) is 9.97 Å². The summed E-state index contributed by atoms with van der Waals surface area (Å²) in [5.41, 5.74) is 0.291. The van der Waals surface area contributed by atoms with Crippen molar-refractivity contribution in [3.8, 4) is 0 Å². The Balaban J connectivity index is 1.82. The zero-order valence-corrected chi connectivity index (χ0v) is 17.9. The predicted octanol–water partition coefficient (Wildman–Crippen LogP) is 3.72. The molecule has 0 amide bonds. The SMILES string of the molecule is CCC(CC)(C(=O)O)c1nccc(N2[C@H](C)CN(Cc3ccccc3)C[C@@H]2C)n1. The smallest absolute Gasteiger partial charge is 0.317 e. The molecule has 3 rings (SSSR count). The standard InChI is InChI=1S/C23H32N4O2/c1-5-23(6-2,22(28)29)21-24-13-12-20(25-21)27-17(3)14-26(15-18(27)4)16-19-10-8-7-9-11-19/h7-13,17-18H,5-6,14-16H2,1-4H3,(H,28,29)/t17-,18+. The van der Waals surface area contributed by atoms with E-state index in [1.54, 1.807) is 6.20 Å². The number of anilines is 1. The van der Waals surface area contributed by atoms with Gasteiger partial charge in [-0.1, -0.05) is 44.2 Å². The van der Waals surface area contributed by atoms with Crippen LogP contribution in [-0.2, 0) is 16.8 Å². The fourth-order valence-electron chi connectivity index (χ4n) is 4.54. The highest BCUT2D eigenvalue weighted by Gasteiger charge is 2.40. The first-order chi connectivity index (χ1) is 13.9. The number of benzene rings is 1. The van der Waals surface area contributed by atoms with Crippen molar-refractivity contribution >= 4 is 11.8 Å². The summed E-state index contributed by atoms with van der Waals surface area (Å²) in [6.45, 7) is 11.0. The molecule has 2 heterocycles. The maximum atomic E-state index is 12.0. The van der Waals surface area contributed by atoms with Gasteiger partial charge in [0.1, 0.15) is 17.1 Å². The molecule has 1 saturated heterocycles. The van der Waals surface area contributed by atoms with E-state index >= 15 is 0 Å². The maximum Gasteiger partial charge on any atom is 0.317 e. The topological polar surface area (TPSA) is 69.6 Å². The van der Waals surface area contributed by atoms with Gasteiger partial charge in [0, 0.05) is 37.9 Å².